The number of carbonyl (C=O) groups is 1. The summed E-state index contributed by atoms with van der Waals surface area (Å²) in [5, 5.41) is 8.44. The molecule has 1 rings (SSSR count). The molecule has 0 saturated carbocycles. The summed E-state index contributed by atoms with van der Waals surface area (Å²) >= 11 is 0. The van der Waals surface area contributed by atoms with Crippen LogP contribution >= 0.6 is 0 Å². The lowest BCUT2D eigenvalue weighted by Gasteiger charge is -2.15. The first-order chi connectivity index (χ1) is 7.74. The number of rotatable bonds is 8. The highest BCUT2D eigenvalue weighted by Crippen LogP contribution is 2.07. The van der Waals surface area contributed by atoms with Crippen molar-refractivity contribution in [3.05, 3.63) is 0 Å². The van der Waals surface area contributed by atoms with Crippen LogP contribution in [0.25, 0.3) is 0 Å². The zero-order valence-electron chi connectivity index (χ0n) is 9.43. The van der Waals surface area contributed by atoms with E-state index < -0.39 is 0 Å². The van der Waals surface area contributed by atoms with E-state index in [2.05, 4.69) is 0 Å². The second-order valence-corrected chi connectivity index (χ2v) is 3.75. The number of carbonyl (C=O) groups excluding carboxylic acids is 1. The number of amides is 1. The van der Waals surface area contributed by atoms with Crippen LogP contribution in [0.1, 0.15) is 6.42 Å². The number of aliphatic hydroxyl groups is 1. The van der Waals surface area contributed by atoms with Crippen LogP contribution in [0.3, 0.4) is 0 Å². The van der Waals surface area contributed by atoms with Gasteiger partial charge in [-0.25, -0.2) is 0 Å². The van der Waals surface area contributed by atoms with Gasteiger partial charge in [-0.15, -0.1) is 0 Å². The van der Waals surface area contributed by atoms with E-state index >= 15 is 0 Å². The van der Waals surface area contributed by atoms with Crippen LogP contribution in [0.15, 0.2) is 0 Å². The van der Waals surface area contributed by atoms with Crippen molar-refractivity contribution in [3.8, 4) is 0 Å². The fourth-order valence-electron chi connectivity index (χ4n) is 1.58. The molecule has 16 heavy (non-hydrogen) atoms. The molecule has 0 aromatic heterocycles. The molecular weight excluding hydrogens is 212 g/mol. The third-order valence-corrected chi connectivity index (χ3v) is 2.36. The molecule has 0 radical (unpaired) electrons. The number of likely N-dealkylation sites (tertiary alicyclic amines) is 1. The van der Waals surface area contributed by atoms with Gasteiger partial charge in [0.15, 0.2) is 0 Å². The highest BCUT2D eigenvalue weighted by molar-refractivity contribution is 5.79. The predicted octanol–water partition coefficient (Wildman–Crippen LogP) is -1.43. The molecule has 1 aliphatic rings. The largest absolute Gasteiger partial charge is 0.394 e. The summed E-state index contributed by atoms with van der Waals surface area (Å²) in [7, 11) is 0. The molecule has 1 fully saturated rings. The van der Waals surface area contributed by atoms with Gasteiger partial charge in [0.25, 0.3) is 0 Å². The monoisotopic (exact) mass is 232 g/mol. The summed E-state index contributed by atoms with van der Waals surface area (Å²) in [5.41, 5.74) is 5.65. The van der Waals surface area contributed by atoms with E-state index in [1.54, 1.807) is 4.90 Å². The molecular formula is C10H20N2O4. The van der Waals surface area contributed by atoms with E-state index in [0.29, 0.717) is 45.9 Å². The van der Waals surface area contributed by atoms with Crippen molar-refractivity contribution in [2.24, 2.45) is 5.73 Å². The molecule has 0 aromatic rings. The van der Waals surface area contributed by atoms with E-state index in [1.165, 1.54) is 0 Å². The lowest BCUT2D eigenvalue weighted by atomic mass is 10.3. The van der Waals surface area contributed by atoms with Crippen LogP contribution in [-0.2, 0) is 14.3 Å². The third-order valence-electron chi connectivity index (χ3n) is 2.36. The summed E-state index contributed by atoms with van der Waals surface area (Å²) in [6.45, 7) is 3.03. The first kappa shape index (κ1) is 13.4. The van der Waals surface area contributed by atoms with Gasteiger partial charge in [0.2, 0.25) is 5.91 Å². The number of ether oxygens (including phenoxy) is 2. The molecule has 1 aliphatic heterocycles. The molecule has 6 nitrogen and oxygen atoms in total. The smallest absolute Gasteiger partial charge is 0.224 e. The van der Waals surface area contributed by atoms with Gasteiger partial charge in [0.05, 0.1) is 33.0 Å². The number of hydrogen-bond acceptors (Lipinski definition) is 5. The number of hydrogen-bond donors (Lipinski definition) is 2. The number of nitrogens with two attached hydrogens (primary N) is 1. The minimum Gasteiger partial charge on any atom is -0.394 e. The Morgan fingerprint density at radius 1 is 1.31 bits per heavy atom. The Balaban J connectivity index is 1.93. The van der Waals surface area contributed by atoms with Crippen molar-refractivity contribution in [2.75, 3.05) is 46.1 Å². The lowest BCUT2D eigenvalue weighted by molar-refractivity contribution is -0.128. The van der Waals surface area contributed by atoms with Crippen LogP contribution in [0.5, 0.6) is 0 Å². The molecule has 0 bridgehead atoms. The Morgan fingerprint density at radius 3 is 2.56 bits per heavy atom. The fraction of sp³-hybridized carbons (Fsp3) is 0.900. The minimum absolute atomic E-state index is 0.0274. The highest BCUT2D eigenvalue weighted by atomic mass is 16.5. The van der Waals surface area contributed by atoms with Crippen LogP contribution in [0.2, 0.25) is 0 Å². The summed E-state index contributed by atoms with van der Waals surface area (Å²) in [5.74, 6) is 0.104. The molecule has 6 heteroatoms. The third kappa shape index (κ3) is 4.89. The molecule has 3 N–H and O–H groups in total. The predicted molar refractivity (Wildman–Crippen MR) is 57.9 cm³/mol. The Bertz CT molecular complexity index is 213. The van der Waals surface area contributed by atoms with E-state index in [4.69, 9.17) is 20.3 Å². The van der Waals surface area contributed by atoms with Gasteiger partial charge in [-0.3, -0.25) is 4.79 Å². The second-order valence-electron chi connectivity index (χ2n) is 3.75. The van der Waals surface area contributed by atoms with Crippen LogP contribution in [0.4, 0.5) is 0 Å². The Labute approximate surface area is 95.3 Å². The molecule has 1 amide bonds. The van der Waals surface area contributed by atoms with Gasteiger partial charge in [0.1, 0.15) is 0 Å². The zero-order chi connectivity index (χ0) is 11.8. The van der Waals surface area contributed by atoms with E-state index in [9.17, 15) is 4.79 Å². The van der Waals surface area contributed by atoms with E-state index in [0.717, 1.165) is 0 Å². The summed E-state index contributed by atoms with van der Waals surface area (Å²) in [6, 6.07) is -0.0274. The van der Waals surface area contributed by atoms with E-state index in [-0.39, 0.29) is 18.6 Å². The molecule has 1 atom stereocenters. The molecule has 0 aliphatic carbocycles. The topological polar surface area (TPSA) is 85.0 Å². The Hall–Kier alpha value is -0.690. The second kappa shape index (κ2) is 7.56. The Morgan fingerprint density at radius 2 is 2.00 bits per heavy atom. The van der Waals surface area contributed by atoms with Crippen LogP contribution in [-0.4, -0.2) is 68.1 Å². The maximum absolute atomic E-state index is 11.3. The summed E-state index contributed by atoms with van der Waals surface area (Å²) in [4.78, 5) is 13.0. The molecule has 1 saturated heterocycles. The molecule has 94 valence electrons. The average molecular weight is 232 g/mol. The number of nitrogens with zero attached hydrogens (tertiary/aromatic N) is 1. The number of aliphatic hydroxyl groups excluding tert-OH is 1. The standard InChI is InChI=1S/C10H20N2O4/c11-9-7-10(14)12(8-9)1-3-15-5-6-16-4-2-13/h9,13H,1-8,11H2. The van der Waals surface area contributed by atoms with Gasteiger partial charge < -0.3 is 25.2 Å². The maximum atomic E-state index is 11.3. The highest BCUT2D eigenvalue weighted by Gasteiger charge is 2.25. The normalized spacial score (nSPS) is 20.8. The van der Waals surface area contributed by atoms with Gasteiger partial charge in [-0.2, -0.15) is 0 Å². The zero-order valence-corrected chi connectivity index (χ0v) is 9.43. The van der Waals surface area contributed by atoms with Gasteiger partial charge in [-0.1, -0.05) is 0 Å². The Kier molecular flexibility index (Phi) is 6.32. The molecule has 0 aromatic carbocycles. The summed E-state index contributed by atoms with van der Waals surface area (Å²) in [6.07, 6.45) is 0.444. The van der Waals surface area contributed by atoms with Crippen molar-refractivity contribution in [1.82, 2.24) is 4.90 Å². The lowest BCUT2D eigenvalue weighted by Crippen LogP contribution is -2.31. The van der Waals surface area contributed by atoms with Crippen molar-refractivity contribution in [2.45, 2.75) is 12.5 Å². The quantitative estimate of drug-likeness (QED) is 0.501. The van der Waals surface area contributed by atoms with Crippen molar-refractivity contribution in [3.63, 3.8) is 0 Å². The van der Waals surface area contributed by atoms with Gasteiger partial charge >= 0.3 is 0 Å². The molecule has 1 unspecified atom stereocenters. The van der Waals surface area contributed by atoms with Crippen molar-refractivity contribution < 1.29 is 19.4 Å². The van der Waals surface area contributed by atoms with E-state index in [1.807, 2.05) is 0 Å². The van der Waals surface area contributed by atoms with Crippen LogP contribution < -0.4 is 5.73 Å². The first-order valence-corrected chi connectivity index (χ1v) is 5.53. The SMILES string of the molecule is NC1CC(=O)N(CCOCCOCCO)C1. The van der Waals surface area contributed by atoms with Crippen molar-refractivity contribution in [1.29, 1.82) is 0 Å². The minimum atomic E-state index is -0.0274. The van der Waals surface area contributed by atoms with Gasteiger partial charge in [0, 0.05) is 25.6 Å². The molecule has 0 spiro atoms. The summed E-state index contributed by atoms with van der Waals surface area (Å²) < 4.78 is 10.3. The van der Waals surface area contributed by atoms with Crippen molar-refractivity contribution >= 4 is 5.91 Å². The molecule has 1 heterocycles. The average Bonchev–Trinajstić information content (AvgIpc) is 2.56. The fourth-order valence-corrected chi connectivity index (χ4v) is 1.58. The first-order valence-electron chi connectivity index (χ1n) is 5.53. The van der Waals surface area contributed by atoms with Crippen LogP contribution in [0, 0.1) is 0 Å². The van der Waals surface area contributed by atoms with Gasteiger partial charge in [-0.05, 0) is 0 Å². The maximum Gasteiger partial charge on any atom is 0.224 e.